The molecule has 2 fully saturated rings. The zero-order chi connectivity index (χ0) is 17.6. The van der Waals surface area contributed by atoms with Crippen LogP contribution in [0.5, 0.6) is 0 Å². The highest BCUT2D eigenvalue weighted by molar-refractivity contribution is 5.77. The van der Waals surface area contributed by atoms with Gasteiger partial charge in [-0.25, -0.2) is 14.6 Å². The van der Waals surface area contributed by atoms with Gasteiger partial charge in [-0.2, -0.15) is 9.78 Å². The quantitative estimate of drug-likeness (QED) is 0.446. The molecule has 0 bridgehead atoms. The first-order valence-electron chi connectivity index (χ1n) is 9.36. The number of carboxylic acids is 1. The van der Waals surface area contributed by atoms with Crippen molar-refractivity contribution >= 4 is 5.97 Å². The van der Waals surface area contributed by atoms with Crippen LogP contribution in [0.4, 0.5) is 0 Å². The molecule has 0 aliphatic carbocycles. The summed E-state index contributed by atoms with van der Waals surface area (Å²) >= 11 is 0. The van der Waals surface area contributed by atoms with Crippen LogP contribution in [0.25, 0.3) is 0 Å². The van der Waals surface area contributed by atoms with Gasteiger partial charge in [-0.3, -0.25) is 0 Å². The molecule has 0 spiro atoms. The second-order valence-corrected chi connectivity index (χ2v) is 7.75. The van der Waals surface area contributed by atoms with Crippen LogP contribution in [0.1, 0.15) is 78.6 Å². The van der Waals surface area contributed by atoms with Gasteiger partial charge in [0.15, 0.2) is 6.10 Å². The highest BCUT2D eigenvalue weighted by Gasteiger charge is 2.64. The predicted octanol–water partition coefficient (Wildman–Crippen LogP) is 4.23. The Balaban J connectivity index is 1.49. The minimum atomic E-state index is -1.75. The smallest absolute Gasteiger partial charge is 0.373 e. The van der Waals surface area contributed by atoms with Crippen molar-refractivity contribution in [1.82, 2.24) is 0 Å². The van der Waals surface area contributed by atoms with E-state index in [9.17, 15) is 4.79 Å². The van der Waals surface area contributed by atoms with Gasteiger partial charge in [-0.1, -0.05) is 65.7 Å². The molecule has 4 atom stereocenters. The van der Waals surface area contributed by atoms with Crippen LogP contribution in [-0.2, 0) is 24.3 Å². The molecule has 1 N–H and O–H groups in total. The summed E-state index contributed by atoms with van der Waals surface area (Å²) in [5, 5.41) is 9.08. The van der Waals surface area contributed by atoms with Gasteiger partial charge in [0.2, 0.25) is 0 Å². The van der Waals surface area contributed by atoms with Crippen molar-refractivity contribution in [3.63, 3.8) is 0 Å². The first-order valence-corrected chi connectivity index (χ1v) is 9.36. The number of rotatable bonds is 11. The largest absolute Gasteiger partial charge is 0.477 e. The summed E-state index contributed by atoms with van der Waals surface area (Å²) in [6.45, 7) is 6.92. The second-order valence-electron chi connectivity index (χ2n) is 7.75. The number of fused-ring (bicyclic) bond motifs is 1. The molecule has 0 saturated carbocycles. The lowest BCUT2D eigenvalue weighted by Gasteiger charge is -2.46. The van der Waals surface area contributed by atoms with Crippen molar-refractivity contribution < 1.29 is 29.5 Å². The average Bonchev–Trinajstić information content (AvgIpc) is 2.50. The molecule has 4 unspecified atom stereocenters. The third-order valence-electron chi connectivity index (χ3n) is 5.00. The average molecular weight is 344 g/mol. The lowest BCUT2D eigenvalue weighted by Crippen LogP contribution is -2.66. The van der Waals surface area contributed by atoms with Crippen molar-refractivity contribution in [3.8, 4) is 0 Å². The van der Waals surface area contributed by atoms with Crippen molar-refractivity contribution in [2.45, 2.75) is 96.6 Å². The molecule has 2 aliphatic heterocycles. The molecule has 0 aromatic rings. The van der Waals surface area contributed by atoms with Crippen LogP contribution < -0.4 is 0 Å². The van der Waals surface area contributed by atoms with Crippen molar-refractivity contribution in [2.75, 3.05) is 0 Å². The van der Waals surface area contributed by atoms with E-state index in [-0.39, 0.29) is 6.10 Å². The van der Waals surface area contributed by atoms with Crippen LogP contribution >= 0.6 is 0 Å². The topological polar surface area (TPSA) is 74.2 Å². The highest BCUT2D eigenvalue weighted by Crippen LogP contribution is 2.40. The maximum Gasteiger partial charge on any atom is 0.373 e. The fourth-order valence-electron chi connectivity index (χ4n) is 3.24. The Morgan fingerprint density at radius 3 is 2.33 bits per heavy atom. The summed E-state index contributed by atoms with van der Waals surface area (Å²) in [5.41, 5.74) is 0. The fraction of sp³-hybridized carbons (Fsp3) is 0.944. The first kappa shape index (κ1) is 19.6. The third-order valence-corrected chi connectivity index (χ3v) is 5.00. The van der Waals surface area contributed by atoms with Gasteiger partial charge < -0.3 is 5.11 Å². The summed E-state index contributed by atoms with van der Waals surface area (Å²) in [6.07, 6.45) is 9.38. The van der Waals surface area contributed by atoms with E-state index in [1.807, 2.05) is 0 Å². The zero-order valence-corrected chi connectivity index (χ0v) is 15.2. The molecule has 0 aromatic heterocycles. The van der Waals surface area contributed by atoms with Gasteiger partial charge in [0.25, 0.3) is 0 Å². The Labute approximate surface area is 144 Å². The maximum absolute atomic E-state index is 11.1. The van der Waals surface area contributed by atoms with E-state index in [0.29, 0.717) is 6.42 Å². The van der Waals surface area contributed by atoms with E-state index in [0.717, 1.165) is 24.7 Å². The van der Waals surface area contributed by atoms with Crippen LogP contribution in [0, 0.1) is 11.8 Å². The molecule has 24 heavy (non-hydrogen) atoms. The standard InChI is InChI=1S/C18H32O6/c1-13(2)10-11-14(3)8-6-4-5-7-9-15-12-16-18(17(19)20,23-21-15)24-22-16/h13-16H,4-12H2,1-3H3,(H,19,20). The molecule has 6 heteroatoms. The normalized spacial score (nSPS) is 30.7. The van der Waals surface area contributed by atoms with E-state index in [4.69, 9.17) is 19.8 Å². The van der Waals surface area contributed by atoms with E-state index in [1.54, 1.807) is 0 Å². The zero-order valence-electron chi connectivity index (χ0n) is 15.2. The van der Waals surface area contributed by atoms with Gasteiger partial charge in [-0.15, -0.1) is 0 Å². The van der Waals surface area contributed by atoms with E-state index in [2.05, 4.69) is 25.7 Å². The molecule has 2 heterocycles. The molecular formula is C18H32O6. The number of hydrogen-bond donors (Lipinski definition) is 1. The number of aliphatic carboxylic acids is 1. The predicted molar refractivity (Wildman–Crippen MR) is 87.8 cm³/mol. The Morgan fingerprint density at radius 2 is 1.75 bits per heavy atom. The fourth-order valence-corrected chi connectivity index (χ4v) is 3.24. The summed E-state index contributed by atoms with van der Waals surface area (Å²) in [5.74, 6) is -1.33. The first-order chi connectivity index (χ1) is 11.4. The summed E-state index contributed by atoms with van der Waals surface area (Å²) in [7, 11) is 0. The molecule has 2 aliphatic rings. The summed E-state index contributed by atoms with van der Waals surface area (Å²) in [4.78, 5) is 30.7. The molecule has 0 amide bonds. The van der Waals surface area contributed by atoms with Crippen LogP contribution in [0.2, 0.25) is 0 Å². The van der Waals surface area contributed by atoms with E-state index in [1.165, 1.54) is 38.5 Å². The van der Waals surface area contributed by atoms with Crippen molar-refractivity contribution in [1.29, 1.82) is 0 Å². The summed E-state index contributed by atoms with van der Waals surface area (Å²) < 4.78 is 0. The molecular weight excluding hydrogens is 312 g/mol. The Bertz CT molecular complexity index is 399. The van der Waals surface area contributed by atoms with Gasteiger partial charge in [0.05, 0.1) is 6.10 Å². The van der Waals surface area contributed by atoms with Crippen LogP contribution in [0.3, 0.4) is 0 Å². The number of hydrogen-bond acceptors (Lipinski definition) is 5. The van der Waals surface area contributed by atoms with Gasteiger partial charge in [0.1, 0.15) is 0 Å². The van der Waals surface area contributed by atoms with Crippen molar-refractivity contribution in [2.24, 2.45) is 11.8 Å². The Hall–Kier alpha value is -0.690. The highest BCUT2D eigenvalue weighted by atomic mass is 17.4. The Morgan fingerprint density at radius 1 is 1.04 bits per heavy atom. The molecule has 2 rings (SSSR count). The molecule has 6 nitrogen and oxygen atoms in total. The molecule has 2 saturated heterocycles. The number of carbonyl (C=O) groups is 1. The Kier molecular flexibility index (Phi) is 7.47. The molecule has 140 valence electrons. The van der Waals surface area contributed by atoms with E-state index >= 15 is 0 Å². The molecule has 0 aromatic carbocycles. The number of unbranched alkanes of at least 4 members (excludes halogenated alkanes) is 3. The summed E-state index contributed by atoms with van der Waals surface area (Å²) in [6, 6.07) is 0. The number of carboxylic acid groups (broad SMARTS) is 1. The van der Waals surface area contributed by atoms with Gasteiger partial charge >= 0.3 is 11.8 Å². The monoisotopic (exact) mass is 344 g/mol. The van der Waals surface area contributed by atoms with Crippen LogP contribution in [0.15, 0.2) is 0 Å². The van der Waals surface area contributed by atoms with Gasteiger partial charge in [0, 0.05) is 6.42 Å². The SMILES string of the molecule is CC(C)CCC(C)CCCCCCC1CC2OOC2(C(=O)O)OO1. The second kappa shape index (κ2) is 9.13. The maximum atomic E-state index is 11.1. The van der Waals surface area contributed by atoms with Crippen molar-refractivity contribution in [3.05, 3.63) is 0 Å². The minimum Gasteiger partial charge on any atom is -0.477 e. The lowest BCUT2D eigenvalue weighted by molar-refractivity contribution is -0.632. The molecule has 0 radical (unpaired) electrons. The van der Waals surface area contributed by atoms with E-state index < -0.39 is 17.9 Å². The minimum absolute atomic E-state index is 0.114. The lowest BCUT2D eigenvalue weighted by atomic mass is 9.94. The van der Waals surface area contributed by atoms with Gasteiger partial charge in [-0.05, 0) is 18.3 Å². The van der Waals surface area contributed by atoms with Crippen LogP contribution in [-0.4, -0.2) is 29.1 Å². The third kappa shape index (κ3) is 5.15.